The third-order valence-electron chi connectivity index (χ3n) is 5.90. The van der Waals surface area contributed by atoms with E-state index in [4.69, 9.17) is 0 Å². The largest absolute Gasteiger partial charge is 0.346 e. The Balaban J connectivity index is 1.49. The van der Waals surface area contributed by atoms with Gasteiger partial charge in [-0.1, -0.05) is 19.9 Å². The van der Waals surface area contributed by atoms with Gasteiger partial charge in [-0.05, 0) is 30.7 Å². The molecule has 2 N–H and O–H groups in total. The summed E-state index contributed by atoms with van der Waals surface area (Å²) in [5, 5.41) is 12.8. The van der Waals surface area contributed by atoms with Gasteiger partial charge >= 0.3 is 0 Å². The lowest BCUT2D eigenvalue weighted by Crippen LogP contribution is -2.47. The van der Waals surface area contributed by atoms with Crippen molar-refractivity contribution < 1.29 is 18.4 Å². The van der Waals surface area contributed by atoms with E-state index in [-0.39, 0.29) is 37.1 Å². The minimum absolute atomic E-state index is 0.000204. The van der Waals surface area contributed by atoms with Crippen LogP contribution >= 0.6 is 0 Å². The number of nitrogens with one attached hydrogen (secondary N) is 2. The Morgan fingerprint density at radius 3 is 2.71 bits per heavy atom. The van der Waals surface area contributed by atoms with Gasteiger partial charge < -0.3 is 10.2 Å². The summed E-state index contributed by atoms with van der Waals surface area (Å²) in [6.45, 7) is 3.63. The summed E-state index contributed by atoms with van der Waals surface area (Å²) in [7, 11) is 0. The molecule has 3 heterocycles. The second-order valence-electron chi connectivity index (χ2n) is 8.63. The van der Waals surface area contributed by atoms with Crippen LogP contribution in [0.15, 0.2) is 18.3 Å². The summed E-state index contributed by atoms with van der Waals surface area (Å²) in [4.78, 5) is 31.1. The Morgan fingerprint density at radius 1 is 1.32 bits per heavy atom. The summed E-state index contributed by atoms with van der Waals surface area (Å²) in [5.74, 6) is -1.22. The molecule has 2 aromatic heterocycles. The van der Waals surface area contributed by atoms with Gasteiger partial charge in [0.15, 0.2) is 0 Å². The van der Waals surface area contributed by atoms with Crippen molar-refractivity contribution in [3.63, 3.8) is 0 Å². The van der Waals surface area contributed by atoms with Crippen molar-refractivity contribution in [1.29, 1.82) is 0 Å². The van der Waals surface area contributed by atoms with E-state index in [1.54, 1.807) is 12.1 Å². The second kappa shape index (κ2) is 8.68. The summed E-state index contributed by atoms with van der Waals surface area (Å²) in [6.07, 6.45) is 1.79. The average Bonchev–Trinajstić information content (AvgIpc) is 3.28. The first-order valence-electron chi connectivity index (χ1n) is 10.6. The van der Waals surface area contributed by atoms with Crippen molar-refractivity contribution in [1.82, 2.24) is 30.6 Å². The molecule has 0 bridgehead atoms. The van der Waals surface area contributed by atoms with Gasteiger partial charge in [0.25, 0.3) is 0 Å². The van der Waals surface area contributed by atoms with Gasteiger partial charge in [0.1, 0.15) is 12.2 Å². The molecule has 1 saturated heterocycles. The number of rotatable bonds is 7. The highest BCUT2D eigenvalue weighted by Gasteiger charge is 2.42. The van der Waals surface area contributed by atoms with Crippen molar-refractivity contribution in [3.05, 3.63) is 41.2 Å². The number of alkyl halides is 1. The van der Waals surface area contributed by atoms with Crippen LogP contribution in [0.25, 0.3) is 0 Å². The molecule has 2 fully saturated rings. The molecule has 1 aliphatic carbocycles. The van der Waals surface area contributed by atoms with E-state index in [1.165, 1.54) is 11.1 Å². The number of aromatic nitrogens is 4. The van der Waals surface area contributed by atoms with Crippen LogP contribution in [0.1, 0.15) is 62.0 Å². The monoisotopic (exact) mass is 432 g/mol. The maximum absolute atomic E-state index is 14.4. The molecule has 0 spiro atoms. The van der Waals surface area contributed by atoms with E-state index in [1.807, 2.05) is 13.8 Å². The normalized spacial score (nSPS) is 22.0. The fourth-order valence-electron chi connectivity index (χ4n) is 4.05. The van der Waals surface area contributed by atoms with Gasteiger partial charge in [0.05, 0.1) is 36.6 Å². The van der Waals surface area contributed by atoms with Crippen LogP contribution in [0.2, 0.25) is 0 Å². The molecular formula is C21H26F2N6O2. The Labute approximate surface area is 178 Å². The van der Waals surface area contributed by atoms with Gasteiger partial charge in [-0.3, -0.25) is 9.59 Å². The average molecular weight is 432 g/mol. The highest BCUT2D eigenvalue weighted by molar-refractivity contribution is 5.89. The predicted molar refractivity (Wildman–Crippen MR) is 107 cm³/mol. The molecule has 3 atom stereocenters. The summed E-state index contributed by atoms with van der Waals surface area (Å²) in [5.41, 5.74) is 1.39. The number of nitrogens with zero attached hydrogens (tertiary/aromatic N) is 4. The number of pyridine rings is 1. The molecule has 2 aliphatic rings. The molecule has 166 valence electrons. The lowest BCUT2D eigenvalue weighted by molar-refractivity contribution is -0.138. The van der Waals surface area contributed by atoms with Crippen LogP contribution in [-0.4, -0.2) is 55.9 Å². The summed E-state index contributed by atoms with van der Waals surface area (Å²) >= 11 is 0. The molecule has 0 radical (unpaired) electrons. The van der Waals surface area contributed by atoms with Crippen molar-refractivity contribution in [2.24, 2.45) is 5.92 Å². The van der Waals surface area contributed by atoms with E-state index in [0.29, 0.717) is 17.0 Å². The summed E-state index contributed by atoms with van der Waals surface area (Å²) < 4.78 is 28.6. The molecule has 1 unspecified atom stereocenters. The van der Waals surface area contributed by atoms with Crippen LogP contribution in [0.3, 0.4) is 0 Å². The first-order valence-corrected chi connectivity index (χ1v) is 10.6. The zero-order valence-corrected chi connectivity index (χ0v) is 17.5. The number of halogens is 2. The molecule has 2 aromatic rings. The number of likely N-dealkylation sites (tertiary alicyclic amines) is 1. The summed E-state index contributed by atoms with van der Waals surface area (Å²) in [6, 6.07) is 2.05. The fourth-order valence-corrected chi connectivity index (χ4v) is 4.05. The number of hydrogen-bond donors (Lipinski definition) is 2. The van der Waals surface area contributed by atoms with Gasteiger partial charge in [-0.2, -0.15) is 19.8 Å². The maximum Gasteiger partial charge on any atom is 0.243 e. The fraction of sp³-hybridized carbons (Fsp3) is 0.571. The van der Waals surface area contributed by atoms with Crippen molar-refractivity contribution in [3.8, 4) is 0 Å². The van der Waals surface area contributed by atoms with Crippen molar-refractivity contribution in [2.45, 2.75) is 63.7 Å². The van der Waals surface area contributed by atoms with E-state index < -0.39 is 30.1 Å². The third-order valence-corrected chi connectivity index (χ3v) is 5.90. The van der Waals surface area contributed by atoms with E-state index >= 15 is 0 Å². The predicted octanol–water partition coefficient (Wildman–Crippen LogP) is 2.21. The number of hydrogen-bond acceptors (Lipinski definition) is 5. The highest BCUT2D eigenvalue weighted by Crippen LogP contribution is 2.41. The lowest BCUT2D eigenvalue weighted by atomic mass is 10.0. The molecule has 8 nitrogen and oxygen atoms in total. The smallest absolute Gasteiger partial charge is 0.243 e. The molecule has 1 saturated carbocycles. The molecule has 2 amide bonds. The van der Waals surface area contributed by atoms with Gasteiger partial charge in [0, 0.05) is 12.0 Å². The Kier molecular flexibility index (Phi) is 5.97. The van der Waals surface area contributed by atoms with Gasteiger partial charge in [-0.25, -0.2) is 9.37 Å². The van der Waals surface area contributed by atoms with E-state index in [9.17, 15) is 18.4 Å². The molecule has 10 heteroatoms. The molecule has 1 aliphatic heterocycles. The van der Waals surface area contributed by atoms with Crippen LogP contribution in [-0.2, 0) is 16.0 Å². The van der Waals surface area contributed by atoms with Crippen molar-refractivity contribution in [2.75, 3.05) is 6.54 Å². The minimum atomic E-state index is -1.28. The molecule has 4 rings (SSSR count). The lowest BCUT2D eigenvalue weighted by Gasteiger charge is -2.26. The number of aromatic amines is 1. The molecular weight excluding hydrogens is 406 g/mol. The number of carbonyl (C=O) groups excluding carboxylic acids is 2. The number of H-pyrrole nitrogens is 1. The van der Waals surface area contributed by atoms with E-state index in [2.05, 4.69) is 25.7 Å². The Bertz CT molecular complexity index is 947. The topological polar surface area (TPSA) is 104 Å². The third kappa shape index (κ3) is 4.72. The zero-order chi connectivity index (χ0) is 22.1. The zero-order valence-electron chi connectivity index (χ0n) is 17.5. The van der Waals surface area contributed by atoms with Crippen LogP contribution in [0.5, 0.6) is 0 Å². The Morgan fingerprint density at radius 2 is 2.10 bits per heavy atom. The van der Waals surface area contributed by atoms with Gasteiger partial charge in [-0.15, -0.1) is 0 Å². The molecule has 0 aromatic carbocycles. The van der Waals surface area contributed by atoms with Crippen molar-refractivity contribution >= 4 is 11.8 Å². The Hall–Kier alpha value is -2.91. The number of carbonyl (C=O) groups is 2. The standard InChI is InChI=1S/C21H26F2N6O2/c1-11(2)15-5-6-16(25-20(15)23)19(12-3-4-12)26-21(31)17-7-13(22)10-29(17)18(30)8-14-9-24-28-27-14/h5-6,9,11-13,17,19H,3-4,7-8,10H2,1-2H3,(H,26,31)(H,24,27,28)/t13-,17+,19?/m1/s1. The number of amides is 2. The molecule has 31 heavy (non-hydrogen) atoms. The first-order chi connectivity index (χ1) is 14.8. The van der Waals surface area contributed by atoms with Gasteiger partial charge in [0.2, 0.25) is 17.8 Å². The van der Waals surface area contributed by atoms with Crippen LogP contribution < -0.4 is 5.32 Å². The maximum atomic E-state index is 14.4. The highest BCUT2D eigenvalue weighted by atomic mass is 19.1. The van der Waals surface area contributed by atoms with Crippen LogP contribution in [0.4, 0.5) is 8.78 Å². The quantitative estimate of drug-likeness (QED) is 0.653. The van der Waals surface area contributed by atoms with E-state index in [0.717, 1.165) is 12.8 Å². The SMILES string of the molecule is CC(C)c1ccc(C(NC(=O)[C@@H]2C[C@@H](F)CN2C(=O)Cc2cn[nH]n2)C2CC2)nc1F. The second-order valence-corrected chi connectivity index (χ2v) is 8.63. The van der Waals surface area contributed by atoms with Crippen LogP contribution in [0, 0.1) is 11.9 Å². The first kappa shape index (κ1) is 21.3. The minimum Gasteiger partial charge on any atom is -0.346 e.